The Hall–Kier alpha value is -0.870. The first kappa shape index (κ1) is 15.2. The highest BCUT2D eigenvalue weighted by atomic mass is 79.9. The van der Waals surface area contributed by atoms with Crippen molar-refractivity contribution < 1.29 is 9.69 Å². The van der Waals surface area contributed by atoms with Gasteiger partial charge in [-0.25, -0.2) is 0 Å². The van der Waals surface area contributed by atoms with Gasteiger partial charge in [0.2, 0.25) is 0 Å². The number of carbonyl (C=O) groups is 1. The van der Waals surface area contributed by atoms with E-state index in [2.05, 4.69) is 27.3 Å². The fraction of sp³-hybridized carbons (Fsp3) is 0.500. The molecule has 1 aromatic carbocycles. The second-order valence-electron chi connectivity index (χ2n) is 5.70. The predicted molar refractivity (Wildman–Crippen MR) is 77.5 cm³/mol. The minimum absolute atomic E-state index is 0.0899. The molecule has 1 amide bonds. The Bertz CT molecular complexity index is 413. The quantitative estimate of drug-likeness (QED) is 0.865. The van der Waals surface area contributed by atoms with E-state index >= 15 is 0 Å². The van der Waals surface area contributed by atoms with E-state index in [1.54, 1.807) is 0 Å². The summed E-state index contributed by atoms with van der Waals surface area (Å²) in [4.78, 5) is 13.0. The van der Waals surface area contributed by atoms with E-state index in [-0.39, 0.29) is 11.4 Å². The average molecular weight is 314 g/mol. The van der Waals surface area contributed by atoms with Crippen LogP contribution in [0.1, 0.15) is 26.3 Å². The van der Waals surface area contributed by atoms with Crippen LogP contribution in [0.4, 0.5) is 0 Å². The summed E-state index contributed by atoms with van der Waals surface area (Å²) in [5.41, 5.74) is 1.06. The van der Waals surface area contributed by atoms with Gasteiger partial charge < -0.3 is 10.2 Å². The van der Waals surface area contributed by atoms with Crippen LogP contribution in [0.2, 0.25) is 0 Å². The van der Waals surface area contributed by atoms with E-state index in [0.29, 0.717) is 6.54 Å². The molecule has 1 aromatic rings. The molecule has 0 aromatic heterocycles. The number of carbonyl (C=O) groups excluding carboxylic acids is 1. The van der Waals surface area contributed by atoms with E-state index in [1.165, 1.54) is 10.5 Å². The van der Waals surface area contributed by atoms with Crippen LogP contribution in [0.15, 0.2) is 28.7 Å². The van der Waals surface area contributed by atoms with E-state index in [9.17, 15) is 4.79 Å². The van der Waals surface area contributed by atoms with Crippen LogP contribution in [0.25, 0.3) is 0 Å². The van der Waals surface area contributed by atoms with Crippen molar-refractivity contribution in [2.24, 2.45) is 0 Å². The van der Waals surface area contributed by atoms with E-state index in [4.69, 9.17) is 0 Å². The smallest absolute Gasteiger partial charge is 0.275 e. The zero-order valence-corrected chi connectivity index (χ0v) is 13.1. The Kier molecular flexibility index (Phi) is 5.35. The van der Waals surface area contributed by atoms with Crippen LogP contribution in [0.5, 0.6) is 0 Å². The Morgan fingerprint density at radius 3 is 2.50 bits per heavy atom. The minimum Gasteiger partial charge on any atom is -0.347 e. The minimum atomic E-state index is -0.162. The third-order valence-corrected chi connectivity index (χ3v) is 3.20. The fourth-order valence-corrected chi connectivity index (χ4v) is 2.19. The van der Waals surface area contributed by atoms with Crippen molar-refractivity contribution in [3.8, 4) is 0 Å². The lowest BCUT2D eigenvalue weighted by Crippen LogP contribution is -3.09. The van der Waals surface area contributed by atoms with Crippen molar-refractivity contribution in [2.45, 2.75) is 32.9 Å². The van der Waals surface area contributed by atoms with Crippen molar-refractivity contribution in [3.63, 3.8) is 0 Å². The summed E-state index contributed by atoms with van der Waals surface area (Å²) in [6, 6.07) is 8.12. The van der Waals surface area contributed by atoms with Crippen molar-refractivity contribution in [1.29, 1.82) is 0 Å². The third-order valence-electron chi connectivity index (χ3n) is 2.43. The second kappa shape index (κ2) is 6.34. The summed E-state index contributed by atoms with van der Waals surface area (Å²) in [5.74, 6) is 0.0899. The van der Waals surface area contributed by atoms with Gasteiger partial charge in [0.25, 0.3) is 5.91 Å². The first-order chi connectivity index (χ1) is 8.28. The molecule has 100 valence electrons. The Morgan fingerprint density at radius 2 is 1.94 bits per heavy atom. The van der Waals surface area contributed by atoms with Gasteiger partial charge in [-0.2, -0.15) is 0 Å². The van der Waals surface area contributed by atoms with Crippen molar-refractivity contribution in [1.82, 2.24) is 5.32 Å². The molecule has 2 N–H and O–H groups in total. The molecule has 0 bridgehead atoms. The van der Waals surface area contributed by atoms with Gasteiger partial charge >= 0.3 is 0 Å². The van der Waals surface area contributed by atoms with Crippen LogP contribution in [0.3, 0.4) is 0 Å². The zero-order valence-electron chi connectivity index (χ0n) is 11.5. The number of likely N-dealkylation sites (N-methyl/N-ethyl adjacent to an activating group) is 1. The van der Waals surface area contributed by atoms with Gasteiger partial charge in [-0.1, -0.05) is 34.1 Å². The lowest BCUT2D eigenvalue weighted by atomic mass is 10.1. The molecule has 1 atom stereocenters. The van der Waals surface area contributed by atoms with Gasteiger partial charge in [-0.3, -0.25) is 4.79 Å². The molecule has 0 aliphatic carbocycles. The Labute approximate surface area is 118 Å². The molecule has 0 saturated carbocycles. The fourth-order valence-electron chi connectivity index (χ4n) is 1.77. The molecule has 0 aliphatic rings. The molecule has 1 rings (SSSR count). The van der Waals surface area contributed by atoms with E-state index < -0.39 is 0 Å². The molecule has 18 heavy (non-hydrogen) atoms. The molecule has 0 spiro atoms. The third kappa shape index (κ3) is 5.65. The highest BCUT2D eigenvalue weighted by molar-refractivity contribution is 9.10. The average Bonchev–Trinajstić information content (AvgIpc) is 2.18. The number of nitrogens with one attached hydrogen (secondary N) is 2. The number of hydrogen-bond acceptors (Lipinski definition) is 1. The van der Waals surface area contributed by atoms with Gasteiger partial charge in [0, 0.05) is 15.6 Å². The lowest BCUT2D eigenvalue weighted by Gasteiger charge is -2.22. The summed E-state index contributed by atoms with van der Waals surface area (Å²) in [6.07, 6.45) is 0. The second-order valence-corrected chi connectivity index (χ2v) is 6.55. The van der Waals surface area contributed by atoms with Crippen LogP contribution in [-0.2, 0) is 11.3 Å². The molecule has 0 saturated heterocycles. The maximum Gasteiger partial charge on any atom is 0.275 e. The van der Waals surface area contributed by atoms with Gasteiger partial charge in [-0.15, -0.1) is 0 Å². The Morgan fingerprint density at radius 1 is 1.33 bits per heavy atom. The molecule has 0 aliphatic heterocycles. The van der Waals surface area contributed by atoms with Crippen LogP contribution in [0, 0.1) is 0 Å². The highest BCUT2D eigenvalue weighted by Gasteiger charge is 2.17. The topological polar surface area (TPSA) is 33.5 Å². The van der Waals surface area contributed by atoms with Crippen LogP contribution >= 0.6 is 15.9 Å². The zero-order chi connectivity index (χ0) is 13.8. The van der Waals surface area contributed by atoms with E-state index in [0.717, 1.165) is 11.0 Å². The van der Waals surface area contributed by atoms with Crippen LogP contribution in [-0.4, -0.2) is 25.0 Å². The molecule has 0 heterocycles. The molecular weight excluding hydrogens is 292 g/mol. The summed E-state index contributed by atoms with van der Waals surface area (Å²) in [7, 11) is 2.03. The number of amides is 1. The SMILES string of the molecule is C[NH+](CC(=O)NC(C)(C)C)Cc1ccccc1Br. The summed E-state index contributed by atoms with van der Waals surface area (Å²) in [5, 5.41) is 2.98. The number of hydrogen-bond donors (Lipinski definition) is 2. The summed E-state index contributed by atoms with van der Waals surface area (Å²) in [6.45, 7) is 7.30. The maximum atomic E-state index is 11.8. The molecule has 1 unspecified atom stereocenters. The van der Waals surface area contributed by atoms with Gasteiger partial charge in [0.05, 0.1) is 7.05 Å². The first-order valence-electron chi connectivity index (χ1n) is 6.13. The van der Waals surface area contributed by atoms with Crippen molar-refractivity contribution in [2.75, 3.05) is 13.6 Å². The van der Waals surface area contributed by atoms with E-state index in [1.807, 2.05) is 46.0 Å². The summed E-state index contributed by atoms with van der Waals surface area (Å²) < 4.78 is 1.10. The number of benzene rings is 1. The highest BCUT2D eigenvalue weighted by Crippen LogP contribution is 2.14. The maximum absolute atomic E-state index is 11.8. The van der Waals surface area contributed by atoms with Crippen molar-refractivity contribution in [3.05, 3.63) is 34.3 Å². The molecular formula is C14H22BrN2O+. The molecule has 4 heteroatoms. The number of rotatable bonds is 4. The Balaban J connectivity index is 2.50. The normalized spacial score (nSPS) is 13.2. The first-order valence-corrected chi connectivity index (χ1v) is 6.93. The number of halogens is 1. The standard InChI is InChI=1S/C14H21BrN2O/c1-14(2,3)16-13(18)10-17(4)9-11-7-5-6-8-12(11)15/h5-8H,9-10H2,1-4H3,(H,16,18)/p+1. The van der Waals surface area contributed by atoms with Gasteiger partial charge in [0.1, 0.15) is 6.54 Å². The summed E-state index contributed by atoms with van der Waals surface area (Å²) >= 11 is 3.53. The lowest BCUT2D eigenvalue weighted by molar-refractivity contribution is -0.885. The monoisotopic (exact) mass is 313 g/mol. The molecule has 3 nitrogen and oxygen atoms in total. The number of quaternary nitrogens is 1. The van der Waals surface area contributed by atoms with Crippen LogP contribution < -0.4 is 10.2 Å². The molecule has 0 fully saturated rings. The predicted octanol–water partition coefficient (Wildman–Crippen LogP) is 1.38. The van der Waals surface area contributed by atoms with Gasteiger partial charge in [-0.05, 0) is 26.8 Å². The largest absolute Gasteiger partial charge is 0.347 e. The van der Waals surface area contributed by atoms with Gasteiger partial charge in [0.15, 0.2) is 6.54 Å². The van der Waals surface area contributed by atoms with Crippen molar-refractivity contribution >= 4 is 21.8 Å². The molecule has 0 radical (unpaired) electrons.